The van der Waals surface area contributed by atoms with Crippen molar-refractivity contribution in [2.75, 3.05) is 18.1 Å². The number of hydrogen-bond acceptors (Lipinski definition) is 3. The predicted octanol–water partition coefficient (Wildman–Crippen LogP) is 2.47. The molecule has 1 aliphatic heterocycles. The molecule has 2 rings (SSSR count). The normalized spacial score (nSPS) is 29.4. The monoisotopic (exact) mass is 270 g/mol. The quantitative estimate of drug-likeness (QED) is 0.753. The lowest BCUT2D eigenvalue weighted by Crippen LogP contribution is -2.43. The van der Waals surface area contributed by atoms with Gasteiger partial charge < -0.3 is 4.90 Å². The summed E-state index contributed by atoms with van der Waals surface area (Å²) in [6, 6.07) is 0.0226. The lowest BCUT2D eigenvalue weighted by Gasteiger charge is -2.29. The van der Waals surface area contributed by atoms with Crippen molar-refractivity contribution < 1.29 is 4.79 Å². The molecule has 0 radical (unpaired) electrons. The van der Waals surface area contributed by atoms with Crippen molar-refractivity contribution in [3.05, 3.63) is 0 Å². The van der Waals surface area contributed by atoms with Gasteiger partial charge in [-0.1, -0.05) is 19.8 Å². The topological polar surface area (TPSA) is 32.3 Å². The number of hydrogen-bond donors (Lipinski definition) is 1. The van der Waals surface area contributed by atoms with E-state index in [-0.39, 0.29) is 6.04 Å². The van der Waals surface area contributed by atoms with Crippen LogP contribution in [-0.4, -0.2) is 41.1 Å². The summed E-state index contributed by atoms with van der Waals surface area (Å²) in [4.78, 5) is 14.3. The molecule has 2 atom stereocenters. The fourth-order valence-electron chi connectivity index (χ4n) is 3.20. The molecule has 0 spiro atoms. The van der Waals surface area contributed by atoms with Gasteiger partial charge in [-0.2, -0.15) is 11.8 Å². The van der Waals surface area contributed by atoms with Gasteiger partial charge in [-0.25, -0.2) is 0 Å². The summed E-state index contributed by atoms with van der Waals surface area (Å²) in [6.07, 6.45) is 6.70. The van der Waals surface area contributed by atoms with Crippen molar-refractivity contribution in [2.45, 2.75) is 58.2 Å². The van der Waals surface area contributed by atoms with E-state index in [0.717, 1.165) is 13.0 Å². The van der Waals surface area contributed by atoms with E-state index in [1.54, 1.807) is 0 Å². The van der Waals surface area contributed by atoms with Crippen LogP contribution in [0.4, 0.5) is 0 Å². The lowest BCUT2D eigenvalue weighted by molar-refractivity contribution is -0.130. The highest BCUT2D eigenvalue weighted by molar-refractivity contribution is 7.99. The average molecular weight is 270 g/mol. The second-order valence-corrected chi connectivity index (χ2v) is 6.85. The number of carbonyl (C=O) groups excluding carboxylic acids is 1. The first-order valence-electron chi connectivity index (χ1n) is 7.38. The van der Waals surface area contributed by atoms with Gasteiger partial charge >= 0.3 is 0 Å². The number of thioether (sulfide) groups is 1. The molecule has 1 aliphatic carbocycles. The van der Waals surface area contributed by atoms with E-state index in [2.05, 4.69) is 17.1 Å². The molecule has 1 amide bonds. The minimum atomic E-state index is 0.0226. The van der Waals surface area contributed by atoms with E-state index in [0.29, 0.717) is 18.0 Å². The van der Waals surface area contributed by atoms with Crippen molar-refractivity contribution in [1.29, 1.82) is 0 Å². The molecule has 0 aromatic carbocycles. The van der Waals surface area contributed by atoms with E-state index < -0.39 is 0 Å². The molecule has 4 heteroatoms. The zero-order valence-corrected chi connectivity index (χ0v) is 12.5. The fourth-order valence-corrected chi connectivity index (χ4v) is 3.82. The Balaban J connectivity index is 1.88. The molecule has 0 bridgehead atoms. The number of nitrogens with zero attached hydrogens (tertiary/aromatic N) is 1. The number of carbonyl (C=O) groups is 1. The SMILES string of the molecule is CCSCCCN1C(=O)C(C)NC1C1CCCC1. The maximum atomic E-state index is 12.2. The van der Waals surface area contributed by atoms with Crippen LogP contribution in [0.3, 0.4) is 0 Å². The standard InChI is InChI=1S/C14H26N2OS/c1-3-18-10-6-9-16-13(12-7-4-5-8-12)15-11(2)14(16)17/h11-13,15H,3-10H2,1-2H3. The van der Waals surface area contributed by atoms with Crippen LogP contribution >= 0.6 is 11.8 Å². The molecule has 1 saturated carbocycles. The molecule has 18 heavy (non-hydrogen) atoms. The van der Waals surface area contributed by atoms with Crippen LogP contribution in [-0.2, 0) is 4.79 Å². The van der Waals surface area contributed by atoms with E-state index in [1.807, 2.05) is 18.7 Å². The highest BCUT2D eigenvalue weighted by Crippen LogP contribution is 2.32. The van der Waals surface area contributed by atoms with Crippen molar-refractivity contribution in [3.63, 3.8) is 0 Å². The first-order chi connectivity index (χ1) is 8.74. The molecule has 2 fully saturated rings. The predicted molar refractivity (Wildman–Crippen MR) is 77.7 cm³/mol. The molecular weight excluding hydrogens is 244 g/mol. The Kier molecular flexibility index (Phi) is 5.37. The zero-order chi connectivity index (χ0) is 13.0. The second kappa shape index (κ2) is 6.80. The van der Waals surface area contributed by atoms with Crippen LogP contribution in [0.2, 0.25) is 0 Å². The van der Waals surface area contributed by atoms with Gasteiger partial charge in [-0.15, -0.1) is 0 Å². The Morgan fingerprint density at radius 2 is 2.11 bits per heavy atom. The number of amides is 1. The molecule has 1 saturated heterocycles. The minimum Gasteiger partial charge on any atom is -0.325 e. The van der Waals surface area contributed by atoms with Gasteiger partial charge in [-0.3, -0.25) is 10.1 Å². The minimum absolute atomic E-state index is 0.0226. The smallest absolute Gasteiger partial charge is 0.240 e. The first-order valence-corrected chi connectivity index (χ1v) is 8.53. The van der Waals surface area contributed by atoms with Crippen molar-refractivity contribution >= 4 is 17.7 Å². The highest BCUT2D eigenvalue weighted by atomic mass is 32.2. The van der Waals surface area contributed by atoms with E-state index in [4.69, 9.17) is 0 Å². The van der Waals surface area contributed by atoms with Gasteiger partial charge in [-0.05, 0) is 43.6 Å². The molecule has 104 valence electrons. The third kappa shape index (κ3) is 3.21. The van der Waals surface area contributed by atoms with Crippen LogP contribution in [0.5, 0.6) is 0 Å². The summed E-state index contributed by atoms with van der Waals surface area (Å²) in [6.45, 7) is 5.13. The average Bonchev–Trinajstić information content (AvgIpc) is 2.97. The Bertz CT molecular complexity index is 279. The van der Waals surface area contributed by atoms with Crippen LogP contribution in [0.15, 0.2) is 0 Å². The molecule has 2 aliphatic rings. The molecule has 3 nitrogen and oxygen atoms in total. The van der Waals surface area contributed by atoms with Gasteiger partial charge in [0, 0.05) is 6.54 Å². The van der Waals surface area contributed by atoms with Gasteiger partial charge in [0.2, 0.25) is 5.91 Å². The third-order valence-electron chi connectivity index (χ3n) is 4.15. The Hall–Kier alpha value is -0.220. The van der Waals surface area contributed by atoms with E-state index >= 15 is 0 Å². The fraction of sp³-hybridized carbons (Fsp3) is 0.929. The third-order valence-corrected chi connectivity index (χ3v) is 5.13. The largest absolute Gasteiger partial charge is 0.325 e. The summed E-state index contributed by atoms with van der Waals surface area (Å²) in [7, 11) is 0. The molecule has 1 N–H and O–H groups in total. The van der Waals surface area contributed by atoms with E-state index in [9.17, 15) is 4.79 Å². The summed E-state index contributed by atoms with van der Waals surface area (Å²) in [5.41, 5.74) is 0. The summed E-state index contributed by atoms with van der Waals surface area (Å²) in [5.74, 6) is 3.35. The molecule has 0 aromatic heterocycles. The summed E-state index contributed by atoms with van der Waals surface area (Å²) in [5, 5.41) is 3.51. The summed E-state index contributed by atoms with van der Waals surface area (Å²) < 4.78 is 0. The van der Waals surface area contributed by atoms with Crippen molar-refractivity contribution in [3.8, 4) is 0 Å². The van der Waals surface area contributed by atoms with E-state index in [1.165, 1.54) is 37.2 Å². The van der Waals surface area contributed by atoms with Crippen LogP contribution < -0.4 is 5.32 Å². The molecule has 0 aromatic rings. The first kappa shape index (κ1) is 14.2. The molecule has 1 heterocycles. The van der Waals surface area contributed by atoms with Crippen LogP contribution in [0.25, 0.3) is 0 Å². The van der Waals surface area contributed by atoms with Crippen LogP contribution in [0, 0.1) is 5.92 Å². The van der Waals surface area contributed by atoms with Gasteiger partial charge in [0.25, 0.3) is 0 Å². The van der Waals surface area contributed by atoms with Crippen LogP contribution in [0.1, 0.15) is 46.0 Å². The maximum Gasteiger partial charge on any atom is 0.240 e. The number of nitrogens with one attached hydrogen (secondary N) is 1. The second-order valence-electron chi connectivity index (χ2n) is 5.46. The van der Waals surface area contributed by atoms with Gasteiger partial charge in [0.15, 0.2) is 0 Å². The Morgan fingerprint density at radius 3 is 2.78 bits per heavy atom. The molecular formula is C14H26N2OS. The van der Waals surface area contributed by atoms with Gasteiger partial charge in [0.1, 0.15) is 0 Å². The zero-order valence-electron chi connectivity index (χ0n) is 11.7. The van der Waals surface area contributed by atoms with Crippen molar-refractivity contribution in [2.24, 2.45) is 5.92 Å². The number of rotatable bonds is 6. The maximum absolute atomic E-state index is 12.2. The Morgan fingerprint density at radius 1 is 1.39 bits per heavy atom. The van der Waals surface area contributed by atoms with Gasteiger partial charge in [0.05, 0.1) is 12.2 Å². The lowest BCUT2D eigenvalue weighted by atomic mass is 10.0. The van der Waals surface area contributed by atoms with Crippen molar-refractivity contribution in [1.82, 2.24) is 10.2 Å². The molecule has 2 unspecified atom stereocenters. The highest BCUT2D eigenvalue weighted by Gasteiger charge is 2.40. The summed E-state index contributed by atoms with van der Waals surface area (Å²) >= 11 is 1.97. The Labute approximate surface area is 115 Å².